The second kappa shape index (κ2) is 9.88. The van der Waals surface area contributed by atoms with Crippen molar-refractivity contribution in [3.8, 4) is 11.1 Å². The maximum atomic E-state index is 10.8. The first-order valence-electron chi connectivity index (χ1n) is 10.7. The zero-order valence-electron chi connectivity index (χ0n) is 18.1. The van der Waals surface area contributed by atoms with Crippen molar-refractivity contribution in [3.63, 3.8) is 0 Å². The molecule has 3 rings (SSSR count). The first-order valence-corrected chi connectivity index (χ1v) is 11.6. The number of thiophene rings is 1. The van der Waals surface area contributed by atoms with Gasteiger partial charge in [-0.1, -0.05) is 50.2 Å². The molecule has 160 valence electrons. The number of hydrogen-bond acceptors (Lipinski definition) is 4. The van der Waals surface area contributed by atoms with E-state index in [0.717, 1.165) is 29.5 Å². The number of aliphatic hydroxyl groups excluding tert-OH is 2. The molecule has 0 atom stereocenters. The van der Waals surface area contributed by atoms with E-state index in [2.05, 4.69) is 36.6 Å². The highest BCUT2D eigenvalue weighted by atomic mass is 32.1. The van der Waals surface area contributed by atoms with Gasteiger partial charge in [0, 0.05) is 4.88 Å². The van der Waals surface area contributed by atoms with Crippen LogP contribution < -0.4 is 0 Å². The van der Waals surface area contributed by atoms with Gasteiger partial charge in [-0.05, 0) is 83.0 Å². The summed E-state index contributed by atoms with van der Waals surface area (Å²) in [5.41, 5.74) is 6.63. The number of aliphatic hydroxyl groups is 3. The summed E-state index contributed by atoms with van der Waals surface area (Å²) < 4.78 is 0. The Hall–Kier alpha value is -1.98. The van der Waals surface area contributed by atoms with Gasteiger partial charge < -0.3 is 15.3 Å². The van der Waals surface area contributed by atoms with E-state index >= 15 is 0 Å². The fourth-order valence-electron chi connectivity index (χ4n) is 3.99. The lowest BCUT2D eigenvalue weighted by Gasteiger charge is -2.26. The van der Waals surface area contributed by atoms with Gasteiger partial charge in [0.15, 0.2) is 0 Å². The predicted octanol–water partition coefficient (Wildman–Crippen LogP) is 5.50. The smallest absolute Gasteiger partial charge is 0.0891 e. The number of rotatable bonds is 9. The van der Waals surface area contributed by atoms with Crippen molar-refractivity contribution >= 4 is 11.3 Å². The van der Waals surface area contributed by atoms with Crippen LogP contribution in [0.1, 0.15) is 59.4 Å². The van der Waals surface area contributed by atoms with Crippen molar-refractivity contribution in [2.24, 2.45) is 0 Å². The normalized spacial score (nSPS) is 11.8. The first-order chi connectivity index (χ1) is 14.4. The van der Waals surface area contributed by atoms with Crippen molar-refractivity contribution in [1.29, 1.82) is 0 Å². The Bertz CT molecular complexity index is 986. The average molecular weight is 425 g/mol. The molecule has 0 fully saturated rings. The Morgan fingerprint density at radius 1 is 0.867 bits per heavy atom. The molecule has 3 nitrogen and oxygen atoms in total. The molecule has 1 heterocycles. The van der Waals surface area contributed by atoms with E-state index < -0.39 is 5.60 Å². The van der Waals surface area contributed by atoms with Crippen LogP contribution in [0, 0.1) is 6.92 Å². The zero-order chi connectivity index (χ0) is 21.7. The zero-order valence-corrected chi connectivity index (χ0v) is 18.9. The molecule has 0 bridgehead atoms. The quantitative estimate of drug-likeness (QED) is 0.425. The van der Waals surface area contributed by atoms with Crippen LogP contribution in [0.4, 0.5) is 0 Å². The minimum Gasteiger partial charge on any atom is -0.392 e. The average Bonchev–Trinajstić information content (AvgIpc) is 3.25. The molecule has 0 amide bonds. The van der Waals surface area contributed by atoms with Crippen molar-refractivity contribution in [2.45, 2.75) is 65.3 Å². The minimum atomic E-state index is -0.748. The van der Waals surface area contributed by atoms with E-state index in [1.165, 1.54) is 27.1 Å². The molecule has 3 N–H and O–H groups in total. The fourth-order valence-corrected chi connectivity index (χ4v) is 4.88. The molecule has 30 heavy (non-hydrogen) atoms. The SMILES string of the molecule is CCC(O)(CC)c1ccc(-c2csc(CCc3ccc(CO)c(CO)c3)c2)c(C)c1. The van der Waals surface area contributed by atoms with Crippen LogP contribution in [-0.2, 0) is 31.7 Å². The Balaban J connectivity index is 1.74. The third kappa shape index (κ3) is 4.84. The predicted molar refractivity (Wildman–Crippen MR) is 125 cm³/mol. The Kier molecular flexibility index (Phi) is 7.48. The van der Waals surface area contributed by atoms with E-state index in [-0.39, 0.29) is 13.2 Å². The Morgan fingerprint density at radius 3 is 2.23 bits per heavy atom. The molecule has 0 aliphatic carbocycles. The summed E-state index contributed by atoms with van der Waals surface area (Å²) in [6.07, 6.45) is 3.26. The molecule has 1 aromatic heterocycles. The van der Waals surface area contributed by atoms with Crippen LogP contribution >= 0.6 is 11.3 Å². The van der Waals surface area contributed by atoms with Crippen LogP contribution in [-0.4, -0.2) is 15.3 Å². The van der Waals surface area contributed by atoms with Gasteiger partial charge >= 0.3 is 0 Å². The summed E-state index contributed by atoms with van der Waals surface area (Å²) in [6.45, 7) is 6.07. The standard InChI is InChI=1S/C26H32O3S/c1-4-26(29,5-2)23-9-11-25(18(3)12-23)22-14-24(30-17-22)10-7-19-6-8-20(15-27)21(13-19)16-28/h6,8-9,11-14,17,27-29H,4-5,7,10,15-16H2,1-3H3. The third-order valence-corrected chi connectivity index (χ3v) is 7.17. The van der Waals surface area contributed by atoms with Gasteiger partial charge in [0.05, 0.1) is 18.8 Å². The lowest BCUT2D eigenvalue weighted by Crippen LogP contribution is -2.23. The van der Waals surface area contributed by atoms with Crippen molar-refractivity contribution in [2.75, 3.05) is 0 Å². The molecule has 0 saturated heterocycles. The first kappa shape index (κ1) is 22.7. The van der Waals surface area contributed by atoms with Crippen LogP contribution in [0.5, 0.6) is 0 Å². The lowest BCUT2D eigenvalue weighted by molar-refractivity contribution is 0.0283. The van der Waals surface area contributed by atoms with Crippen LogP contribution in [0.3, 0.4) is 0 Å². The highest BCUT2D eigenvalue weighted by Crippen LogP contribution is 2.34. The summed E-state index contributed by atoms with van der Waals surface area (Å²) in [5.74, 6) is 0. The van der Waals surface area contributed by atoms with Crippen molar-refractivity contribution < 1.29 is 15.3 Å². The number of hydrogen-bond donors (Lipinski definition) is 3. The Labute approximate surface area is 183 Å². The molecule has 0 aliphatic rings. The van der Waals surface area contributed by atoms with Gasteiger partial charge in [-0.2, -0.15) is 0 Å². The van der Waals surface area contributed by atoms with Gasteiger partial charge in [-0.25, -0.2) is 0 Å². The molecule has 0 unspecified atom stereocenters. The molecule has 2 aromatic carbocycles. The molecule has 0 saturated carbocycles. The van der Waals surface area contributed by atoms with Crippen LogP contribution in [0.15, 0.2) is 47.8 Å². The van der Waals surface area contributed by atoms with Crippen molar-refractivity contribution in [3.05, 3.63) is 80.5 Å². The minimum absolute atomic E-state index is 0.0451. The molecule has 0 spiro atoms. The highest BCUT2D eigenvalue weighted by molar-refractivity contribution is 7.10. The van der Waals surface area contributed by atoms with Gasteiger partial charge in [-0.15, -0.1) is 11.3 Å². The summed E-state index contributed by atoms with van der Waals surface area (Å²) in [5, 5.41) is 31.9. The van der Waals surface area contributed by atoms with E-state index in [9.17, 15) is 15.3 Å². The van der Waals surface area contributed by atoms with E-state index in [1.54, 1.807) is 11.3 Å². The monoisotopic (exact) mass is 424 g/mol. The molecular formula is C26H32O3S. The molecule has 0 radical (unpaired) electrons. The maximum absolute atomic E-state index is 10.8. The maximum Gasteiger partial charge on any atom is 0.0891 e. The molecule has 0 aliphatic heterocycles. The van der Waals surface area contributed by atoms with Gasteiger partial charge in [0.1, 0.15) is 0 Å². The van der Waals surface area contributed by atoms with E-state index in [1.807, 2.05) is 32.0 Å². The summed E-state index contributed by atoms with van der Waals surface area (Å²) in [7, 11) is 0. The summed E-state index contributed by atoms with van der Waals surface area (Å²) in [4.78, 5) is 1.32. The Morgan fingerprint density at radius 2 is 1.60 bits per heavy atom. The number of aryl methyl sites for hydroxylation is 3. The van der Waals surface area contributed by atoms with Gasteiger partial charge in [0.25, 0.3) is 0 Å². The van der Waals surface area contributed by atoms with Gasteiger partial charge in [-0.3, -0.25) is 0 Å². The molecule has 3 aromatic rings. The van der Waals surface area contributed by atoms with Crippen LogP contribution in [0.25, 0.3) is 11.1 Å². The fraction of sp³-hybridized carbons (Fsp3) is 0.385. The van der Waals surface area contributed by atoms with Gasteiger partial charge in [0.2, 0.25) is 0 Å². The second-order valence-corrected chi connectivity index (χ2v) is 8.99. The highest BCUT2D eigenvalue weighted by Gasteiger charge is 2.25. The summed E-state index contributed by atoms with van der Waals surface area (Å²) >= 11 is 1.77. The second-order valence-electron chi connectivity index (χ2n) is 7.99. The lowest BCUT2D eigenvalue weighted by atomic mass is 9.86. The third-order valence-electron chi connectivity index (χ3n) is 6.17. The van der Waals surface area contributed by atoms with Crippen LogP contribution in [0.2, 0.25) is 0 Å². The topological polar surface area (TPSA) is 60.7 Å². The van der Waals surface area contributed by atoms with E-state index in [4.69, 9.17) is 0 Å². The summed E-state index contributed by atoms with van der Waals surface area (Å²) in [6, 6.07) is 14.5. The van der Waals surface area contributed by atoms with E-state index in [0.29, 0.717) is 12.8 Å². The molecular weight excluding hydrogens is 392 g/mol. The van der Waals surface area contributed by atoms with Crippen molar-refractivity contribution in [1.82, 2.24) is 0 Å². The number of benzene rings is 2. The molecule has 4 heteroatoms. The largest absolute Gasteiger partial charge is 0.392 e.